The van der Waals surface area contributed by atoms with Crippen LogP contribution in [0, 0.1) is 11.3 Å². The summed E-state index contributed by atoms with van der Waals surface area (Å²) in [7, 11) is 1.80. The first-order chi connectivity index (χ1) is 17.2. The maximum Gasteiger partial charge on any atom is 0.101 e. The maximum atomic E-state index is 9.54. The Kier molecular flexibility index (Phi) is 5.81. The number of benzene rings is 2. The van der Waals surface area contributed by atoms with Crippen LogP contribution in [0.3, 0.4) is 0 Å². The molecule has 1 aromatic heterocycles. The minimum Gasteiger partial charge on any atom is -0.380 e. The fourth-order valence-corrected chi connectivity index (χ4v) is 6.19. The zero-order valence-electron chi connectivity index (χ0n) is 20.4. The highest BCUT2D eigenvalue weighted by Crippen LogP contribution is 2.42. The standard InChI is InChI=1S/C28H32N6O/c1-18-15-33(25-8-5-19(13-29)28-23(25)4-3-10-31-28)17-26-22-7-6-21(12-20(22)16-34(18)26)32-24-9-11-30-14-27(24)35-2/h3-8,10,12,18,24,26-27,30,32H,9,11,14-17H2,1-2H3. The van der Waals surface area contributed by atoms with Gasteiger partial charge in [-0.1, -0.05) is 6.07 Å². The fraction of sp³-hybridized carbons (Fsp3) is 0.429. The Morgan fingerprint density at radius 3 is 2.97 bits per heavy atom. The quantitative estimate of drug-likeness (QED) is 0.605. The van der Waals surface area contributed by atoms with Crippen LogP contribution in [0.5, 0.6) is 0 Å². The van der Waals surface area contributed by atoms with Gasteiger partial charge in [0.2, 0.25) is 0 Å². The van der Waals surface area contributed by atoms with Gasteiger partial charge in [-0.3, -0.25) is 9.88 Å². The van der Waals surface area contributed by atoms with E-state index in [4.69, 9.17) is 4.74 Å². The molecule has 3 aliphatic heterocycles. The Morgan fingerprint density at radius 2 is 2.11 bits per heavy atom. The van der Waals surface area contributed by atoms with Crippen LogP contribution in [0.15, 0.2) is 48.7 Å². The molecule has 7 nitrogen and oxygen atoms in total. The van der Waals surface area contributed by atoms with E-state index in [2.05, 4.69) is 68.7 Å². The normalized spacial score (nSPS) is 26.3. The molecule has 35 heavy (non-hydrogen) atoms. The molecule has 3 aliphatic rings. The lowest BCUT2D eigenvalue weighted by atomic mass is 9.99. The summed E-state index contributed by atoms with van der Waals surface area (Å²) in [5.74, 6) is 0. The van der Waals surface area contributed by atoms with Crippen LogP contribution >= 0.6 is 0 Å². The van der Waals surface area contributed by atoms with E-state index in [0.29, 0.717) is 23.7 Å². The highest BCUT2D eigenvalue weighted by atomic mass is 16.5. The summed E-state index contributed by atoms with van der Waals surface area (Å²) in [5.41, 5.74) is 6.62. The summed E-state index contributed by atoms with van der Waals surface area (Å²) in [6, 6.07) is 18.4. The van der Waals surface area contributed by atoms with Crippen LogP contribution in [0.4, 0.5) is 11.4 Å². The van der Waals surface area contributed by atoms with Crippen molar-refractivity contribution in [2.45, 2.75) is 44.1 Å². The number of fused-ring (bicyclic) bond motifs is 4. The molecule has 180 valence electrons. The summed E-state index contributed by atoms with van der Waals surface area (Å²) in [6.07, 6.45) is 3.02. The number of anilines is 2. The smallest absolute Gasteiger partial charge is 0.101 e. The Balaban J connectivity index is 1.27. The number of methoxy groups -OCH3 is 1. The number of piperazine rings is 1. The predicted molar refractivity (Wildman–Crippen MR) is 139 cm³/mol. The van der Waals surface area contributed by atoms with E-state index >= 15 is 0 Å². The number of nitrogens with one attached hydrogen (secondary N) is 2. The van der Waals surface area contributed by atoms with Crippen molar-refractivity contribution in [3.8, 4) is 6.07 Å². The van der Waals surface area contributed by atoms with Crippen LogP contribution < -0.4 is 15.5 Å². The van der Waals surface area contributed by atoms with Gasteiger partial charge in [0, 0.05) is 62.3 Å². The first kappa shape index (κ1) is 22.3. The van der Waals surface area contributed by atoms with Gasteiger partial charge in [-0.15, -0.1) is 0 Å². The third-order valence-corrected chi connectivity index (χ3v) is 7.99. The predicted octanol–water partition coefficient (Wildman–Crippen LogP) is 3.66. The van der Waals surface area contributed by atoms with Crippen molar-refractivity contribution in [2.24, 2.45) is 0 Å². The molecule has 2 fully saturated rings. The van der Waals surface area contributed by atoms with Gasteiger partial charge in [0.05, 0.1) is 29.3 Å². The molecule has 4 atom stereocenters. The topological polar surface area (TPSA) is 76.5 Å². The van der Waals surface area contributed by atoms with Crippen LogP contribution in [0.1, 0.15) is 36.1 Å². The minimum atomic E-state index is 0.189. The number of ether oxygens (including phenoxy) is 1. The summed E-state index contributed by atoms with van der Waals surface area (Å²) in [6.45, 7) is 7.11. The molecule has 0 saturated carbocycles. The zero-order valence-corrected chi connectivity index (χ0v) is 20.4. The first-order valence-electron chi connectivity index (χ1n) is 12.6. The van der Waals surface area contributed by atoms with Crippen molar-refractivity contribution >= 4 is 22.3 Å². The molecule has 6 rings (SSSR count). The SMILES string of the molecule is COC1CNCCC1Nc1ccc2c(c1)CN1C(C)CN(c3ccc(C#N)c4ncccc34)CC21. The lowest BCUT2D eigenvalue weighted by Gasteiger charge is -2.43. The number of piperidine rings is 1. The van der Waals surface area contributed by atoms with E-state index in [9.17, 15) is 5.26 Å². The molecule has 4 heterocycles. The lowest BCUT2D eigenvalue weighted by molar-refractivity contribution is 0.0707. The number of nitriles is 1. The van der Waals surface area contributed by atoms with Crippen molar-refractivity contribution in [1.82, 2.24) is 15.2 Å². The van der Waals surface area contributed by atoms with Crippen molar-refractivity contribution < 1.29 is 4.74 Å². The molecule has 4 unspecified atom stereocenters. The molecule has 0 bridgehead atoms. The van der Waals surface area contributed by atoms with Gasteiger partial charge in [-0.25, -0.2) is 0 Å². The van der Waals surface area contributed by atoms with E-state index < -0.39 is 0 Å². The first-order valence-corrected chi connectivity index (χ1v) is 12.6. The minimum absolute atomic E-state index is 0.189. The summed E-state index contributed by atoms with van der Waals surface area (Å²) in [4.78, 5) is 9.64. The molecule has 0 radical (unpaired) electrons. The Hall–Kier alpha value is -3.18. The molecular weight excluding hydrogens is 436 g/mol. The van der Waals surface area contributed by atoms with Crippen molar-refractivity contribution in [3.63, 3.8) is 0 Å². The molecular formula is C28H32N6O. The van der Waals surface area contributed by atoms with E-state index in [1.165, 1.54) is 22.5 Å². The second-order valence-corrected chi connectivity index (χ2v) is 10.0. The molecule has 2 aromatic carbocycles. The number of hydrogen-bond donors (Lipinski definition) is 2. The molecule has 2 N–H and O–H groups in total. The maximum absolute atomic E-state index is 9.54. The lowest BCUT2D eigenvalue weighted by Crippen LogP contribution is -2.51. The van der Waals surface area contributed by atoms with Crippen molar-refractivity contribution in [2.75, 3.05) is 43.5 Å². The molecule has 3 aromatic rings. The molecule has 7 heteroatoms. The molecule has 0 spiro atoms. The van der Waals surface area contributed by atoms with Crippen LogP contribution in [0.2, 0.25) is 0 Å². The van der Waals surface area contributed by atoms with E-state index in [1.807, 2.05) is 12.1 Å². The number of nitrogens with zero attached hydrogens (tertiary/aromatic N) is 4. The van der Waals surface area contributed by atoms with Crippen molar-refractivity contribution in [3.05, 3.63) is 65.4 Å². The van der Waals surface area contributed by atoms with Gasteiger partial charge < -0.3 is 20.3 Å². The average Bonchev–Trinajstić information content (AvgIpc) is 3.27. The second kappa shape index (κ2) is 9.12. The van der Waals surface area contributed by atoms with Gasteiger partial charge in [0.25, 0.3) is 0 Å². The third kappa shape index (κ3) is 3.92. The van der Waals surface area contributed by atoms with Crippen molar-refractivity contribution in [1.29, 1.82) is 5.26 Å². The van der Waals surface area contributed by atoms with Crippen LogP contribution in [0.25, 0.3) is 10.9 Å². The van der Waals surface area contributed by atoms with Crippen LogP contribution in [-0.2, 0) is 11.3 Å². The number of aromatic nitrogens is 1. The zero-order chi connectivity index (χ0) is 23.9. The second-order valence-electron chi connectivity index (χ2n) is 10.0. The van der Waals surface area contributed by atoms with E-state index in [0.717, 1.165) is 50.0 Å². The van der Waals surface area contributed by atoms with Gasteiger partial charge in [0.15, 0.2) is 0 Å². The molecule has 0 amide bonds. The van der Waals surface area contributed by atoms with Gasteiger partial charge in [0.1, 0.15) is 6.07 Å². The van der Waals surface area contributed by atoms with Gasteiger partial charge in [-0.2, -0.15) is 5.26 Å². The highest BCUT2D eigenvalue weighted by Gasteiger charge is 2.39. The average molecular weight is 469 g/mol. The van der Waals surface area contributed by atoms with Gasteiger partial charge >= 0.3 is 0 Å². The highest BCUT2D eigenvalue weighted by molar-refractivity contribution is 5.95. The Morgan fingerprint density at radius 1 is 1.20 bits per heavy atom. The number of hydrogen-bond acceptors (Lipinski definition) is 7. The van der Waals surface area contributed by atoms with Gasteiger partial charge in [-0.05, 0) is 67.4 Å². The Bertz CT molecular complexity index is 1290. The summed E-state index contributed by atoms with van der Waals surface area (Å²) >= 11 is 0. The summed E-state index contributed by atoms with van der Waals surface area (Å²) < 4.78 is 5.70. The summed E-state index contributed by atoms with van der Waals surface area (Å²) in [5, 5.41) is 17.8. The molecule has 2 saturated heterocycles. The monoisotopic (exact) mass is 468 g/mol. The van der Waals surface area contributed by atoms with Crippen LogP contribution in [-0.4, -0.2) is 61.4 Å². The van der Waals surface area contributed by atoms with E-state index in [-0.39, 0.29) is 6.10 Å². The molecule has 0 aliphatic carbocycles. The number of rotatable bonds is 4. The third-order valence-electron chi connectivity index (χ3n) is 7.99. The van der Waals surface area contributed by atoms with E-state index in [1.54, 1.807) is 13.3 Å². The largest absolute Gasteiger partial charge is 0.380 e. The Labute approximate surface area is 206 Å². The number of pyridine rings is 1. The fourth-order valence-electron chi connectivity index (χ4n) is 6.19.